The fraction of sp³-hybridized carbons (Fsp3) is 0.0833. The largest absolute Gasteiger partial charge is 0.388 e. The highest BCUT2D eigenvalue weighted by molar-refractivity contribution is 6.06. The maximum atomic E-state index is 4.30. The Bertz CT molecular complexity index is 625. The predicted octanol–water partition coefficient (Wildman–Crippen LogP) is 2.76. The predicted molar refractivity (Wildman–Crippen MR) is 63.1 cm³/mol. The van der Waals surface area contributed by atoms with Crippen LogP contribution in [0.25, 0.3) is 21.9 Å². The van der Waals surface area contributed by atoms with Crippen LogP contribution in [0.5, 0.6) is 0 Å². The molecule has 15 heavy (non-hydrogen) atoms. The number of H-pyrrole nitrogens is 1. The minimum absolute atomic E-state index is 0.945. The molecule has 3 rings (SSSR count). The summed E-state index contributed by atoms with van der Waals surface area (Å²) < 4.78 is 0. The molecule has 0 bridgehead atoms. The number of benzene rings is 1. The van der Waals surface area contributed by atoms with Gasteiger partial charge >= 0.3 is 0 Å². The van der Waals surface area contributed by atoms with Gasteiger partial charge in [0.1, 0.15) is 5.65 Å². The number of hydrogen-bond acceptors (Lipinski definition) is 2. The molecule has 3 aromatic rings. The van der Waals surface area contributed by atoms with Crippen LogP contribution in [0.1, 0.15) is 0 Å². The Morgan fingerprint density at radius 3 is 3.00 bits per heavy atom. The highest BCUT2D eigenvalue weighted by Gasteiger charge is 2.04. The van der Waals surface area contributed by atoms with Crippen molar-refractivity contribution in [2.75, 3.05) is 12.4 Å². The van der Waals surface area contributed by atoms with Gasteiger partial charge < -0.3 is 10.3 Å². The lowest BCUT2D eigenvalue weighted by atomic mass is 10.2. The van der Waals surface area contributed by atoms with Crippen molar-refractivity contribution in [3.05, 3.63) is 36.5 Å². The molecular weight excluding hydrogens is 186 g/mol. The molecule has 0 unspecified atom stereocenters. The molecule has 74 valence electrons. The molecule has 0 aliphatic rings. The first-order valence-corrected chi connectivity index (χ1v) is 4.93. The van der Waals surface area contributed by atoms with E-state index in [0.717, 1.165) is 16.9 Å². The summed E-state index contributed by atoms with van der Waals surface area (Å²) in [6, 6.07) is 10.3. The molecule has 0 saturated carbocycles. The lowest BCUT2D eigenvalue weighted by Crippen LogP contribution is -1.85. The molecule has 0 fully saturated rings. The topological polar surface area (TPSA) is 40.7 Å². The summed E-state index contributed by atoms with van der Waals surface area (Å²) in [5, 5.41) is 5.52. The number of nitrogens with one attached hydrogen (secondary N) is 2. The molecule has 0 aliphatic carbocycles. The third-order valence-corrected chi connectivity index (χ3v) is 2.66. The van der Waals surface area contributed by atoms with Crippen molar-refractivity contribution in [1.82, 2.24) is 9.97 Å². The Kier molecular flexibility index (Phi) is 1.65. The van der Waals surface area contributed by atoms with Gasteiger partial charge in [-0.1, -0.05) is 0 Å². The first-order chi connectivity index (χ1) is 7.38. The van der Waals surface area contributed by atoms with Crippen LogP contribution in [0.4, 0.5) is 5.69 Å². The van der Waals surface area contributed by atoms with Crippen LogP contribution in [0.2, 0.25) is 0 Å². The summed E-state index contributed by atoms with van der Waals surface area (Å²) in [5.41, 5.74) is 3.19. The fourth-order valence-electron chi connectivity index (χ4n) is 1.88. The minimum Gasteiger partial charge on any atom is -0.388 e. The molecular formula is C12H11N3. The monoisotopic (exact) mass is 197 g/mol. The van der Waals surface area contributed by atoms with E-state index in [0.29, 0.717) is 0 Å². The molecule has 0 saturated heterocycles. The Morgan fingerprint density at radius 2 is 2.13 bits per heavy atom. The van der Waals surface area contributed by atoms with Gasteiger partial charge in [-0.3, -0.25) is 0 Å². The molecule has 1 aromatic carbocycles. The zero-order chi connectivity index (χ0) is 10.3. The summed E-state index contributed by atoms with van der Waals surface area (Å²) in [5.74, 6) is 0. The van der Waals surface area contributed by atoms with Crippen molar-refractivity contribution < 1.29 is 0 Å². The van der Waals surface area contributed by atoms with Crippen molar-refractivity contribution in [3.63, 3.8) is 0 Å². The van der Waals surface area contributed by atoms with E-state index in [1.807, 2.05) is 13.1 Å². The number of nitrogens with zero attached hydrogens (tertiary/aromatic N) is 1. The molecule has 2 heterocycles. The minimum atomic E-state index is 0.945. The van der Waals surface area contributed by atoms with E-state index in [9.17, 15) is 0 Å². The van der Waals surface area contributed by atoms with Gasteiger partial charge in [0.2, 0.25) is 0 Å². The standard InChI is InChI=1S/C12H11N3/c1-13-8-4-5-11-10(7-8)9-3-2-6-14-12(9)15-11/h2-7,13H,1H3,(H,14,15). The van der Waals surface area contributed by atoms with Crippen molar-refractivity contribution in [2.24, 2.45) is 0 Å². The van der Waals surface area contributed by atoms with Crippen LogP contribution in [0.3, 0.4) is 0 Å². The molecule has 0 spiro atoms. The lowest BCUT2D eigenvalue weighted by Gasteiger charge is -1.98. The van der Waals surface area contributed by atoms with Crippen LogP contribution < -0.4 is 5.32 Å². The number of fused-ring (bicyclic) bond motifs is 3. The van der Waals surface area contributed by atoms with E-state index in [1.165, 1.54) is 10.8 Å². The summed E-state index contributed by atoms with van der Waals surface area (Å²) >= 11 is 0. The van der Waals surface area contributed by atoms with Crippen molar-refractivity contribution in [1.29, 1.82) is 0 Å². The molecule has 3 nitrogen and oxygen atoms in total. The van der Waals surface area contributed by atoms with Gasteiger partial charge in [-0.15, -0.1) is 0 Å². The number of anilines is 1. The SMILES string of the molecule is CNc1ccc2[nH]c3ncccc3c2c1. The summed E-state index contributed by atoms with van der Waals surface area (Å²) in [4.78, 5) is 7.59. The second kappa shape index (κ2) is 2.98. The molecule has 0 aliphatic heterocycles. The number of rotatable bonds is 1. The van der Waals surface area contributed by atoms with Gasteiger partial charge in [-0.2, -0.15) is 0 Å². The average molecular weight is 197 g/mol. The number of hydrogen-bond donors (Lipinski definition) is 2. The first kappa shape index (κ1) is 8.29. The zero-order valence-electron chi connectivity index (χ0n) is 8.41. The maximum Gasteiger partial charge on any atom is 0.138 e. The van der Waals surface area contributed by atoms with E-state index < -0.39 is 0 Å². The molecule has 0 atom stereocenters. The third-order valence-electron chi connectivity index (χ3n) is 2.66. The molecule has 3 heteroatoms. The highest BCUT2D eigenvalue weighted by atomic mass is 14.9. The van der Waals surface area contributed by atoms with E-state index in [2.05, 4.69) is 39.6 Å². The van der Waals surface area contributed by atoms with Gasteiger partial charge in [0, 0.05) is 35.2 Å². The number of pyridine rings is 1. The van der Waals surface area contributed by atoms with Crippen molar-refractivity contribution in [2.45, 2.75) is 0 Å². The Labute approximate surface area is 87.1 Å². The molecule has 2 N–H and O–H groups in total. The second-order valence-corrected chi connectivity index (χ2v) is 3.53. The Morgan fingerprint density at radius 1 is 1.20 bits per heavy atom. The first-order valence-electron chi connectivity index (χ1n) is 4.93. The zero-order valence-corrected chi connectivity index (χ0v) is 8.41. The van der Waals surface area contributed by atoms with Crippen molar-refractivity contribution in [3.8, 4) is 0 Å². The van der Waals surface area contributed by atoms with Crippen LogP contribution >= 0.6 is 0 Å². The fourth-order valence-corrected chi connectivity index (χ4v) is 1.88. The Balaban J connectivity index is 2.46. The summed E-state index contributed by atoms with van der Waals surface area (Å²) in [6.07, 6.45) is 1.80. The smallest absolute Gasteiger partial charge is 0.138 e. The van der Waals surface area contributed by atoms with Crippen LogP contribution in [-0.2, 0) is 0 Å². The van der Waals surface area contributed by atoms with Crippen LogP contribution in [0.15, 0.2) is 36.5 Å². The maximum absolute atomic E-state index is 4.30. The number of aromatic amines is 1. The van der Waals surface area contributed by atoms with E-state index >= 15 is 0 Å². The van der Waals surface area contributed by atoms with Gasteiger partial charge in [0.15, 0.2) is 0 Å². The van der Waals surface area contributed by atoms with Gasteiger partial charge in [0.05, 0.1) is 0 Å². The average Bonchev–Trinajstić information content (AvgIpc) is 2.66. The second-order valence-electron chi connectivity index (χ2n) is 3.53. The Hall–Kier alpha value is -2.03. The van der Waals surface area contributed by atoms with E-state index in [1.54, 1.807) is 6.20 Å². The molecule has 0 amide bonds. The van der Waals surface area contributed by atoms with Gasteiger partial charge in [0.25, 0.3) is 0 Å². The summed E-state index contributed by atoms with van der Waals surface area (Å²) in [6.45, 7) is 0. The molecule has 2 aromatic heterocycles. The van der Waals surface area contributed by atoms with Gasteiger partial charge in [-0.05, 0) is 30.3 Å². The number of aromatic nitrogens is 2. The quantitative estimate of drug-likeness (QED) is 0.629. The lowest BCUT2D eigenvalue weighted by molar-refractivity contribution is 1.35. The van der Waals surface area contributed by atoms with Crippen LogP contribution in [0, 0.1) is 0 Å². The summed E-state index contributed by atoms with van der Waals surface area (Å²) in [7, 11) is 1.92. The van der Waals surface area contributed by atoms with Crippen LogP contribution in [-0.4, -0.2) is 17.0 Å². The van der Waals surface area contributed by atoms with E-state index in [4.69, 9.17) is 0 Å². The highest BCUT2D eigenvalue weighted by Crippen LogP contribution is 2.26. The van der Waals surface area contributed by atoms with E-state index in [-0.39, 0.29) is 0 Å². The van der Waals surface area contributed by atoms with Gasteiger partial charge in [-0.25, -0.2) is 4.98 Å². The molecule has 0 radical (unpaired) electrons. The third kappa shape index (κ3) is 1.16. The van der Waals surface area contributed by atoms with Crippen molar-refractivity contribution >= 4 is 27.6 Å². The normalized spacial score (nSPS) is 11.0.